The number of carbonyl (C=O) groups is 1. The first kappa shape index (κ1) is 16.5. The van der Waals surface area contributed by atoms with Gasteiger partial charge in [-0.25, -0.2) is 4.98 Å². The molecule has 1 aromatic heterocycles. The summed E-state index contributed by atoms with van der Waals surface area (Å²) in [7, 11) is 3.50. The molecule has 0 saturated heterocycles. The van der Waals surface area contributed by atoms with Crippen LogP contribution in [0.25, 0.3) is 0 Å². The van der Waals surface area contributed by atoms with Crippen LogP contribution in [0.1, 0.15) is 31.7 Å². The predicted octanol–water partition coefficient (Wildman–Crippen LogP) is 1.85. The van der Waals surface area contributed by atoms with E-state index in [1.807, 2.05) is 31.3 Å². The fraction of sp³-hybridized carbons (Fsp3) is 0.500. The van der Waals surface area contributed by atoms with Crippen LogP contribution in [0.5, 0.6) is 5.75 Å². The van der Waals surface area contributed by atoms with Crippen LogP contribution in [0.4, 0.5) is 0 Å². The van der Waals surface area contributed by atoms with Crippen LogP contribution in [0.3, 0.4) is 0 Å². The van der Waals surface area contributed by atoms with Crippen LogP contribution in [-0.2, 0) is 23.7 Å². The van der Waals surface area contributed by atoms with Crippen molar-refractivity contribution in [1.82, 2.24) is 20.1 Å². The standard InChI is InChI=1S/C18H24N4O2/c1-17(2)11-18(17,13-5-7-14(24-4)8-6-13)16(23)19-10-9-15-20-12-21-22(15)3/h5-8,12H,9-11H2,1-4H3,(H,19,23)/t18-/m0/s1. The number of carbonyl (C=O) groups excluding carboxylic acids is 1. The third-order valence-electron chi connectivity index (χ3n) is 5.15. The molecule has 1 heterocycles. The molecule has 0 spiro atoms. The molecule has 1 N–H and O–H groups in total. The van der Waals surface area contributed by atoms with Crippen molar-refractivity contribution in [3.8, 4) is 5.75 Å². The number of amides is 1. The smallest absolute Gasteiger partial charge is 0.231 e. The van der Waals surface area contributed by atoms with Gasteiger partial charge in [-0.05, 0) is 29.5 Å². The van der Waals surface area contributed by atoms with E-state index in [9.17, 15) is 4.79 Å². The molecule has 1 aromatic carbocycles. The van der Waals surface area contributed by atoms with Crippen LogP contribution >= 0.6 is 0 Å². The lowest BCUT2D eigenvalue weighted by Gasteiger charge is -2.21. The number of hydrogen-bond acceptors (Lipinski definition) is 4. The van der Waals surface area contributed by atoms with Gasteiger partial charge < -0.3 is 10.1 Å². The van der Waals surface area contributed by atoms with E-state index in [1.165, 1.54) is 6.33 Å². The molecule has 6 nitrogen and oxygen atoms in total. The number of aryl methyl sites for hydroxylation is 1. The third-order valence-corrected chi connectivity index (χ3v) is 5.15. The normalized spacial score (nSPS) is 21.3. The van der Waals surface area contributed by atoms with Crippen molar-refractivity contribution in [3.63, 3.8) is 0 Å². The van der Waals surface area contributed by atoms with E-state index < -0.39 is 5.41 Å². The summed E-state index contributed by atoms with van der Waals surface area (Å²) < 4.78 is 6.95. The Hall–Kier alpha value is -2.37. The summed E-state index contributed by atoms with van der Waals surface area (Å²) in [6, 6.07) is 7.82. The molecule has 1 saturated carbocycles. The Morgan fingerprint density at radius 3 is 2.50 bits per heavy atom. The van der Waals surface area contributed by atoms with Crippen molar-refractivity contribution in [1.29, 1.82) is 0 Å². The highest BCUT2D eigenvalue weighted by atomic mass is 16.5. The molecule has 24 heavy (non-hydrogen) atoms. The van der Waals surface area contributed by atoms with Gasteiger partial charge in [0.1, 0.15) is 17.9 Å². The predicted molar refractivity (Wildman–Crippen MR) is 90.8 cm³/mol. The van der Waals surface area contributed by atoms with E-state index in [-0.39, 0.29) is 11.3 Å². The molecule has 2 aromatic rings. The molecule has 1 fully saturated rings. The highest BCUT2D eigenvalue weighted by Crippen LogP contribution is 2.64. The summed E-state index contributed by atoms with van der Waals surface area (Å²) in [6.45, 7) is 4.83. The van der Waals surface area contributed by atoms with Crippen molar-refractivity contribution in [2.24, 2.45) is 12.5 Å². The van der Waals surface area contributed by atoms with Crippen molar-refractivity contribution in [2.45, 2.75) is 32.1 Å². The van der Waals surface area contributed by atoms with Gasteiger partial charge >= 0.3 is 0 Å². The minimum Gasteiger partial charge on any atom is -0.497 e. The number of rotatable bonds is 6. The van der Waals surface area contributed by atoms with Crippen molar-refractivity contribution >= 4 is 5.91 Å². The van der Waals surface area contributed by atoms with E-state index in [2.05, 4.69) is 29.2 Å². The summed E-state index contributed by atoms with van der Waals surface area (Å²) in [5.41, 5.74) is 0.541. The Labute approximate surface area is 142 Å². The second kappa shape index (κ2) is 5.92. The Kier molecular flexibility index (Phi) is 4.07. The fourth-order valence-corrected chi connectivity index (χ4v) is 3.49. The van der Waals surface area contributed by atoms with E-state index >= 15 is 0 Å². The molecule has 0 bridgehead atoms. The number of benzene rings is 1. The summed E-state index contributed by atoms with van der Waals surface area (Å²) in [4.78, 5) is 17.1. The Morgan fingerprint density at radius 2 is 2.00 bits per heavy atom. The number of methoxy groups -OCH3 is 1. The van der Waals surface area contributed by atoms with Crippen LogP contribution in [-0.4, -0.2) is 34.3 Å². The highest BCUT2D eigenvalue weighted by Gasteiger charge is 2.66. The third kappa shape index (κ3) is 2.66. The molecule has 0 aliphatic heterocycles. The lowest BCUT2D eigenvalue weighted by Crippen LogP contribution is -2.39. The summed E-state index contributed by atoms with van der Waals surface area (Å²) in [6.07, 6.45) is 3.05. The van der Waals surface area contributed by atoms with Gasteiger partial charge in [0.05, 0.1) is 12.5 Å². The van der Waals surface area contributed by atoms with Gasteiger partial charge in [-0.2, -0.15) is 5.10 Å². The molecule has 1 aliphatic carbocycles. The fourth-order valence-electron chi connectivity index (χ4n) is 3.49. The first-order chi connectivity index (χ1) is 11.4. The quantitative estimate of drug-likeness (QED) is 0.879. The topological polar surface area (TPSA) is 69.0 Å². The van der Waals surface area contributed by atoms with Gasteiger partial charge in [-0.15, -0.1) is 0 Å². The van der Waals surface area contributed by atoms with Gasteiger partial charge in [0.15, 0.2) is 0 Å². The van der Waals surface area contributed by atoms with Gasteiger partial charge in [0.25, 0.3) is 0 Å². The number of nitrogens with one attached hydrogen (secondary N) is 1. The van der Waals surface area contributed by atoms with E-state index in [0.29, 0.717) is 13.0 Å². The van der Waals surface area contributed by atoms with Crippen LogP contribution in [0.2, 0.25) is 0 Å². The largest absolute Gasteiger partial charge is 0.497 e. The zero-order valence-electron chi connectivity index (χ0n) is 14.7. The maximum atomic E-state index is 12.9. The lowest BCUT2D eigenvalue weighted by molar-refractivity contribution is -0.124. The minimum atomic E-state index is -0.459. The molecule has 1 amide bonds. The van der Waals surface area contributed by atoms with Gasteiger partial charge in [0, 0.05) is 20.0 Å². The SMILES string of the molecule is COc1ccc([C@]2(C(=O)NCCc3ncnn3C)CC2(C)C)cc1. The molecule has 0 unspecified atom stereocenters. The maximum absolute atomic E-state index is 12.9. The minimum absolute atomic E-state index is 0.0452. The molecule has 1 aliphatic rings. The van der Waals surface area contributed by atoms with E-state index in [1.54, 1.807) is 11.8 Å². The van der Waals surface area contributed by atoms with Gasteiger partial charge in [0.2, 0.25) is 5.91 Å². The van der Waals surface area contributed by atoms with E-state index in [4.69, 9.17) is 4.74 Å². The second-order valence-corrected chi connectivity index (χ2v) is 7.00. The van der Waals surface area contributed by atoms with Crippen LogP contribution in [0.15, 0.2) is 30.6 Å². The maximum Gasteiger partial charge on any atom is 0.231 e. The van der Waals surface area contributed by atoms with Gasteiger partial charge in [-0.3, -0.25) is 9.48 Å². The molecule has 6 heteroatoms. The lowest BCUT2D eigenvalue weighted by atomic mass is 9.87. The average Bonchev–Trinajstić information content (AvgIpc) is 2.93. The molecular formula is C18H24N4O2. The first-order valence-electron chi connectivity index (χ1n) is 8.16. The van der Waals surface area contributed by atoms with Crippen molar-refractivity contribution in [2.75, 3.05) is 13.7 Å². The number of hydrogen-bond donors (Lipinski definition) is 1. The zero-order chi connectivity index (χ0) is 17.4. The average molecular weight is 328 g/mol. The Bertz CT molecular complexity index is 736. The monoisotopic (exact) mass is 328 g/mol. The molecular weight excluding hydrogens is 304 g/mol. The number of nitrogens with zero attached hydrogens (tertiary/aromatic N) is 3. The molecule has 128 valence electrons. The summed E-state index contributed by atoms with van der Waals surface area (Å²) in [5.74, 6) is 1.75. The Morgan fingerprint density at radius 1 is 1.33 bits per heavy atom. The zero-order valence-corrected chi connectivity index (χ0v) is 14.7. The van der Waals surface area contributed by atoms with Crippen molar-refractivity contribution < 1.29 is 9.53 Å². The number of ether oxygens (including phenoxy) is 1. The summed E-state index contributed by atoms with van der Waals surface area (Å²) in [5, 5.41) is 7.13. The molecule has 1 atom stereocenters. The summed E-state index contributed by atoms with van der Waals surface area (Å²) >= 11 is 0. The molecule has 3 rings (SSSR count). The van der Waals surface area contributed by atoms with Crippen LogP contribution in [0, 0.1) is 5.41 Å². The highest BCUT2D eigenvalue weighted by molar-refractivity contribution is 5.93. The second-order valence-electron chi connectivity index (χ2n) is 7.00. The van der Waals surface area contributed by atoms with E-state index in [0.717, 1.165) is 23.6 Å². The Balaban J connectivity index is 1.71. The van der Waals surface area contributed by atoms with Gasteiger partial charge in [-0.1, -0.05) is 26.0 Å². The van der Waals surface area contributed by atoms with Crippen molar-refractivity contribution in [3.05, 3.63) is 42.0 Å². The first-order valence-corrected chi connectivity index (χ1v) is 8.16. The number of aromatic nitrogens is 3. The molecule has 0 radical (unpaired) electrons. The van der Waals surface area contributed by atoms with Crippen LogP contribution < -0.4 is 10.1 Å².